The van der Waals surface area contributed by atoms with E-state index in [9.17, 15) is 4.79 Å². The van der Waals surface area contributed by atoms with E-state index in [1.807, 2.05) is 18.2 Å². The molecule has 1 atom stereocenters. The highest BCUT2D eigenvalue weighted by molar-refractivity contribution is 7.24. The summed E-state index contributed by atoms with van der Waals surface area (Å²) in [4.78, 5) is 16.7. The van der Waals surface area contributed by atoms with Crippen molar-refractivity contribution in [3.63, 3.8) is 0 Å². The number of nitrogens with zero attached hydrogens (tertiary/aromatic N) is 1. The summed E-state index contributed by atoms with van der Waals surface area (Å²) in [6.07, 6.45) is 0. The number of hydrogen-bond donors (Lipinski definition) is 0. The second-order valence-corrected chi connectivity index (χ2v) is 17.0. The smallest absolute Gasteiger partial charge is 0.195 e. The number of para-hydroxylation sites is 1. The molecule has 8 aromatic carbocycles. The van der Waals surface area contributed by atoms with Crippen molar-refractivity contribution in [1.29, 1.82) is 0 Å². The molecular weight excluding hydrogens is 699 g/mol. The quantitative estimate of drug-likeness (QED) is 0.169. The standard InChI is InChI=1S/C53H35NOS/c1-52(2)43-20-10-6-16-35(43)38-26-24-33(28-46(38)52)54(32-14-4-3-5-15-32)34-25-27-39-36-17-7-11-21-44(36)53(47(39)29-34)45-22-12-8-18-37(45)41-31-50-42(30-48(41)53)51(55)40-19-9-13-23-49(40)56-50/h3-31H,1-2H3. The minimum absolute atomic E-state index is 0.0976. The molecule has 0 saturated carbocycles. The van der Waals surface area contributed by atoms with Crippen LogP contribution < -0.4 is 10.3 Å². The van der Waals surface area contributed by atoms with Crippen LogP contribution in [0.2, 0.25) is 0 Å². The summed E-state index contributed by atoms with van der Waals surface area (Å²) < 4.78 is 2.04. The molecular formula is C53H35NOS. The van der Waals surface area contributed by atoms with E-state index >= 15 is 0 Å². The first-order valence-electron chi connectivity index (χ1n) is 19.4. The fourth-order valence-electron chi connectivity index (χ4n) is 10.4. The zero-order valence-electron chi connectivity index (χ0n) is 31.0. The molecule has 3 heteroatoms. The van der Waals surface area contributed by atoms with E-state index in [1.54, 1.807) is 11.3 Å². The molecule has 0 aliphatic heterocycles. The van der Waals surface area contributed by atoms with Crippen molar-refractivity contribution in [3.8, 4) is 33.4 Å². The van der Waals surface area contributed by atoms with Gasteiger partial charge in [0.15, 0.2) is 5.43 Å². The van der Waals surface area contributed by atoms with E-state index in [4.69, 9.17) is 0 Å². The largest absolute Gasteiger partial charge is 0.310 e. The summed E-state index contributed by atoms with van der Waals surface area (Å²) in [5.41, 5.74) is 17.9. The maximum Gasteiger partial charge on any atom is 0.195 e. The van der Waals surface area contributed by atoms with Crippen LogP contribution in [0.15, 0.2) is 181 Å². The fraction of sp³-hybridized carbons (Fsp3) is 0.0755. The minimum Gasteiger partial charge on any atom is -0.310 e. The lowest BCUT2D eigenvalue weighted by atomic mass is 9.70. The molecule has 3 aliphatic carbocycles. The van der Waals surface area contributed by atoms with Crippen LogP contribution in [-0.2, 0) is 10.8 Å². The molecule has 0 bridgehead atoms. The lowest BCUT2D eigenvalue weighted by Crippen LogP contribution is -2.26. The summed E-state index contributed by atoms with van der Waals surface area (Å²) >= 11 is 1.71. The van der Waals surface area contributed by atoms with Crippen LogP contribution >= 0.6 is 11.3 Å². The van der Waals surface area contributed by atoms with E-state index in [0.29, 0.717) is 0 Å². The van der Waals surface area contributed by atoms with Crippen LogP contribution in [0, 0.1) is 0 Å². The van der Waals surface area contributed by atoms with Crippen LogP contribution in [0.3, 0.4) is 0 Å². The average Bonchev–Trinajstić information content (AvgIpc) is 3.79. The van der Waals surface area contributed by atoms with Gasteiger partial charge in [0.25, 0.3) is 0 Å². The van der Waals surface area contributed by atoms with Gasteiger partial charge in [-0.3, -0.25) is 4.79 Å². The van der Waals surface area contributed by atoms with Crippen LogP contribution in [0.4, 0.5) is 17.1 Å². The van der Waals surface area contributed by atoms with Gasteiger partial charge in [-0.05, 0) is 127 Å². The van der Waals surface area contributed by atoms with Gasteiger partial charge in [-0.2, -0.15) is 0 Å². The van der Waals surface area contributed by atoms with Gasteiger partial charge < -0.3 is 4.90 Å². The van der Waals surface area contributed by atoms with E-state index in [1.165, 1.54) is 66.8 Å². The molecule has 0 amide bonds. The van der Waals surface area contributed by atoms with Crippen LogP contribution in [0.5, 0.6) is 0 Å². The fourth-order valence-corrected chi connectivity index (χ4v) is 11.5. The van der Waals surface area contributed by atoms with Gasteiger partial charge in [0.1, 0.15) is 0 Å². The summed E-state index contributed by atoms with van der Waals surface area (Å²) in [7, 11) is 0. The van der Waals surface area contributed by atoms with Gasteiger partial charge in [0.2, 0.25) is 0 Å². The normalized spacial score (nSPS) is 16.3. The highest BCUT2D eigenvalue weighted by atomic mass is 32.1. The molecule has 0 N–H and O–H groups in total. The molecule has 0 fully saturated rings. The first-order chi connectivity index (χ1) is 27.4. The third kappa shape index (κ3) is 4.03. The van der Waals surface area contributed by atoms with Gasteiger partial charge in [-0.1, -0.05) is 129 Å². The van der Waals surface area contributed by atoms with Crippen LogP contribution in [0.1, 0.15) is 47.2 Å². The predicted molar refractivity (Wildman–Crippen MR) is 234 cm³/mol. The lowest BCUT2D eigenvalue weighted by Gasteiger charge is -2.32. The van der Waals surface area contributed by atoms with E-state index in [0.717, 1.165) is 37.2 Å². The van der Waals surface area contributed by atoms with E-state index in [-0.39, 0.29) is 10.8 Å². The second kappa shape index (κ2) is 11.3. The number of fused-ring (bicyclic) bond motifs is 15. The number of benzene rings is 8. The molecule has 12 rings (SSSR count). The zero-order chi connectivity index (χ0) is 37.3. The SMILES string of the molecule is CC1(C)c2ccccc2-c2ccc(N(c3ccccc3)c3ccc4c(c3)C3(c5ccccc5-4)c4ccccc4-c4cc5sc6ccccc6c(=O)c5cc43)cc21. The molecule has 264 valence electrons. The molecule has 1 aromatic heterocycles. The molecule has 56 heavy (non-hydrogen) atoms. The Labute approximate surface area is 329 Å². The van der Waals surface area contributed by atoms with Crippen LogP contribution in [-0.4, -0.2) is 0 Å². The van der Waals surface area contributed by atoms with Gasteiger partial charge in [0.05, 0.1) is 5.41 Å². The summed E-state index contributed by atoms with van der Waals surface area (Å²) in [6.45, 7) is 4.69. The first kappa shape index (κ1) is 31.8. The summed E-state index contributed by atoms with van der Waals surface area (Å²) in [5, 5.41) is 1.57. The van der Waals surface area contributed by atoms with Crippen molar-refractivity contribution in [2.45, 2.75) is 24.7 Å². The van der Waals surface area contributed by atoms with Crippen molar-refractivity contribution >= 4 is 48.6 Å². The Balaban J connectivity index is 1.14. The van der Waals surface area contributed by atoms with E-state index in [2.05, 4.69) is 176 Å². The Morgan fingerprint density at radius 2 is 0.911 bits per heavy atom. The van der Waals surface area contributed by atoms with Gasteiger partial charge in [0, 0.05) is 42.6 Å². The third-order valence-electron chi connectivity index (χ3n) is 12.9. The molecule has 1 spiro atoms. The number of anilines is 3. The highest BCUT2D eigenvalue weighted by Crippen LogP contribution is 2.64. The molecule has 2 nitrogen and oxygen atoms in total. The monoisotopic (exact) mass is 733 g/mol. The van der Waals surface area contributed by atoms with Gasteiger partial charge >= 0.3 is 0 Å². The molecule has 0 saturated heterocycles. The third-order valence-corrected chi connectivity index (χ3v) is 14.0. The van der Waals surface area contributed by atoms with Gasteiger partial charge in [-0.15, -0.1) is 11.3 Å². The topological polar surface area (TPSA) is 20.3 Å². The van der Waals surface area contributed by atoms with Crippen molar-refractivity contribution in [2.75, 3.05) is 4.90 Å². The maximum absolute atomic E-state index is 14.3. The Morgan fingerprint density at radius 1 is 0.393 bits per heavy atom. The number of hydrogen-bond acceptors (Lipinski definition) is 3. The maximum atomic E-state index is 14.3. The molecule has 9 aromatic rings. The van der Waals surface area contributed by atoms with Gasteiger partial charge in [-0.25, -0.2) is 0 Å². The van der Waals surface area contributed by atoms with Crippen LogP contribution in [0.25, 0.3) is 53.6 Å². The zero-order valence-corrected chi connectivity index (χ0v) is 31.8. The Bertz CT molecular complexity index is 3210. The second-order valence-electron chi connectivity index (χ2n) is 16.0. The lowest BCUT2D eigenvalue weighted by molar-refractivity contribution is 0.660. The van der Waals surface area contributed by atoms with Crippen molar-refractivity contribution < 1.29 is 0 Å². The average molecular weight is 734 g/mol. The molecule has 1 heterocycles. The summed E-state index contributed by atoms with van der Waals surface area (Å²) in [5.74, 6) is 0. The molecule has 3 aliphatic rings. The Hall–Kier alpha value is -6.55. The van der Waals surface area contributed by atoms with Crippen molar-refractivity contribution in [3.05, 3.63) is 220 Å². The predicted octanol–water partition coefficient (Wildman–Crippen LogP) is 13.5. The van der Waals surface area contributed by atoms with Crippen molar-refractivity contribution in [1.82, 2.24) is 0 Å². The summed E-state index contributed by atoms with van der Waals surface area (Å²) in [6, 6.07) is 64.0. The Morgan fingerprint density at radius 3 is 1.62 bits per heavy atom. The Kier molecular flexibility index (Phi) is 6.38. The minimum atomic E-state index is -0.602. The molecule has 0 radical (unpaired) electrons. The number of rotatable bonds is 3. The van der Waals surface area contributed by atoms with Crippen molar-refractivity contribution in [2.24, 2.45) is 0 Å². The highest BCUT2D eigenvalue weighted by Gasteiger charge is 2.52. The first-order valence-corrected chi connectivity index (χ1v) is 20.2. The molecule has 1 unspecified atom stereocenters. The van der Waals surface area contributed by atoms with E-state index < -0.39 is 5.41 Å².